The molecular formula is C18H17NO. The van der Waals surface area contributed by atoms with Crippen molar-refractivity contribution >= 4 is 11.0 Å². The molecule has 3 aromatic rings. The monoisotopic (exact) mass is 263 g/mol. The van der Waals surface area contributed by atoms with Crippen LogP contribution in [0.2, 0.25) is 0 Å². The molecule has 1 unspecified atom stereocenters. The summed E-state index contributed by atoms with van der Waals surface area (Å²) in [4.78, 5) is 0. The summed E-state index contributed by atoms with van der Waals surface area (Å²) in [5.74, 6) is 1.06. The average Bonchev–Trinajstić information content (AvgIpc) is 2.85. The zero-order chi connectivity index (χ0) is 13.6. The van der Waals surface area contributed by atoms with E-state index in [9.17, 15) is 0 Å². The smallest absolute Gasteiger partial charge is 0.134 e. The number of hydrogen-bond donors (Lipinski definition) is 1. The van der Waals surface area contributed by atoms with Crippen LogP contribution >= 0.6 is 0 Å². The summed E-state index contributed by atoms with van der Waals surface area (Å²) in [5.41, 5.74) is 9.88. The van der Waals surface area contributed by atoms with Crippen molar-refractivity contribution in [1.82, 2.24) is 0 Å². The minimum absolute atomic E-state index is 0.303. The van der Waals surface area contributed by atoms with Crippen LogP contribution < -0.4 is 5.73 Å². The lowest BCUT2D eigenvalue weighted by molar-refractivity contribution is 0.346. The molecule has 100 valence electrons. The molecule has 1 aliphatic rings. The van der Waals surface area contributed by atoms with Crippen molar-refractivity contribution in [2.75, 3.05) is 0 Å². The highest BCUT2D eigenvalue weighted by Gasteiger charge is 2.35. The van der Waals surface area contributed by atoms with Crippen molar-refractivity contribution in [3.05, 3.63) is 71.5 Å². The predicted molar refractivity (Wildman–Crippen MR) is 80.5 cm³/mol. The van der Waals surface area contributed by atoms with E-state index in [0.717, 1.165) is 30.6 Å². The van der Waals surface area contributed by atoms with Gasteiger partial charge in [-0.05, 0) is 24.5 Å². The number of fused-ring (bicyclic) bond motifs is 3. The summed E-state index contributed by atoms with van der Waals surface area (Å²) >= 11 is 0. The molecule has 1 aliphatic carbocycles. The zero-order valence-electron chi connectivity index (χ0n) is 11.3. The molecule has 2 heteroatoms. The number of nitrogens with two attached hydrogens (primary N) is 1. The largest absolute Gasteiger partial charge is 0.461 e. The fourth-order valence-corrected chi connectivity index (χ4v) is 3.31. The van der Waals surface area contributed by atoms with Gasteiger partial charge in [-0.15, -0.1) is 0 Å². The second kappa shape index (κ2) is 4.22. The second-order valence-electron chi connectivity index (χ2n) is 5.70. The third-order valence-electron chi connectivity index (χ3n) is 4.43. The predicted octanol–water partition coefficient (Wildman–Crippen LogP) is 3.78. The molecular weight excluding hydrogens is 246 g/mol. The van der Waals surface area contributed by atoms with Gasteiger partial charge in [0.2, 0.25) is 0 Å². The first kappa shape index (κ1) is 11.7. The number of rotatable bonds is 1. The third kappa shape index (κ3) is 1.69. The summed E-state index contributed by atoms with van der Waals surface area (Å²) < 4.78 is 6.03. The molecule has 0 aliphatic heterocycles. The van der Waals surface area contributed by atoms with Gasteiger partial charge in [-0.1, -0.05) is 48.5 Å². The van der Waals surface area contributed by atoms with Crippen LogP contribution in [-0.2, 0) is 18.4 Å². The molecule has 0 saturated carbocycles. The molecule has 20 heavy (non-hydrogen) atoms. The van der Waals surface area contributed by atoms with Gasteiger partial charge in [0.05, 0.1) is 0 Å². The molecule has 0 saturated heterocycles. The molecule has 0 fully saturated rings. The Labute approximate surface area is 118 Å². The summed E-state index contributed by atoms with van der Waals surface area (Å²) in [5, 5.41) is 1.25. The van der Waals surface area contributed by atoms with Gasteiger partial charge in [-0.2, -0.15) is 0 Å². The summed E-state index contributed by atoms with van der Waals surface area (Å²) in [6.07, 6.45) is 2.73. The summed E-state index contributed by atoms with van der Waals surface area (Å²) in [6, 6.07) is 18.6. The van der Waals surface area contributed by atoms with Crippen molar-refractivity contribution in [2.45, 2.75) is 24.8 Å². The van der Waals surface area contributed by atoms with E-state index in [1.54, 1.807) is 0 Å². The van der Waals surface area contributed by atoms with E-state index in [1.165, 1.54) is 16.5 Å². The van der Waals surface area contributed by atoms with Gasteiger partial charge < -0.3 is 10.2 Å². The van der Waals surface area contributed by atoms with Gasteiger partial charge in [-0.25, -0.2) is 0 Å². The van der Waals surface area contributed by atoms with Gasteiger partial charge in [0.25, 0.3) is 0 Å². The molecule has 1 heterocycles. The Morgan fingerprint density at radius 1 is 0.950 bits per heavy atom. The summed E-state index contributed by atoms with van der Waals surface area (Å²) in [6.45, 7) is 0. The quantitative estimate of drug-likeness (QED) is 0.725. The Morgan fingerprint density at radius 3 is 2.55 bits per heavy atom. The Kier molecular flexibility index (Phi) is 2.48. The lowest BCUT2D eigenvalue weighted by Gasteiger charge is -2.33. The molecule has 1 atom stereocenters. The van der Waals surface area contributed by atoms with Gasteiger partial charge in [0.1, 0.15) is 11.3 Å². The van der Waals surface area contributed by atoms with E-state index < -0.39 is 0 Å². The summed E-state index contributed by atoms with van der Waals surface area (Å²) in [7, 11) is 0. The van der Waals surface area contributed by atoms with Crippen LogP contribution in [0.1, 0.15) is 23.3 Å². The molecule has 0 bridgehead atoms. The fraction of sp³-hybridized carbons (Fsp3) is 0.222. The van der Waals surface area contributed by atoms with Crippen LogP contribution in [0.15, 0.2) is 59.0 Å². The van der Waals surface area contributed by atoms with Gasteiger partial charge in [0.15, 0.2) is 0 Å². The highest BCUT2D eigenvalue weighted by Crippen LogP contribution is 2.39. The minimum Gasteiger partial charge on any atom is -0.461 e. The highest BCUT2D eigenvalue weighted by atomic mass is 16.3. The molecule has 0 spiro atoms. The third-order valence-corrected chi connectivity index (χ3v) is 4.43. The Hall–Kier alpha value is -2.06. The average molecular weight is 263 g/mol. The molecule has 0 amide bonds. The molecule has 2 aromatic carbocycles. The minimum atomic E-state index is -0.303. The lowest BCUT2D eigenvalue weighted by atomic mass is 9.77. The Balaban J connectivity index is 1.80. The zero-order valence-corrected chi connectivity index (χ0v) is 11.3. The van der Waals surface area contributed by atoms with Crippen LogP contribution in [0.4, 0.5) is 0 Å². The maximum absolute atomic E-state index is 6.66. The maximum Gasteiger partial charge on any atom is 0.134 e. The molecule has 0 radical (unpaired) electrons. The van der Waals surface area contributed by atoms with E-state index in [1.807, 2.05) is 18.2 Å². The lowest BCUT2D eigenvalue weighted by Crippen LogP contribution is -2.41. The van der Waals surface area contributed by atoms with Gasteiger partial charge >= 0.3 is 0 Å². The molecule has 1 aromatic heterocycles. The Morgan fingerprint density at radius 2 is 1.70 bits per heavy atom. The Bertz CT molecular complexity index is 759. The highest BCUT2D eigenvalue weighted by molar-refractivity contribution is 5.82. The van der Waals surface area contributed by atoms with Crippen molar-refractivity contribution in [1.29, 1.82) is 0 Å². The van der Waals surface area contributed by atoms with E-state index in [2.05, 4.69) is 36.4 Å². The number of hydrogen-bond acceptors (Lipinski definition) is 2. The van der Waals surface area contributed by atoms with Crippen molar-refractivity contribution in [2.24, 2.45) is 5.73 Å². The number of aryl methyl sites for hydroxylation is 1. The number of benzene rings is 2. The van der Waals surface area contributed by atoms with Crippen molar-refractivity contribution < 1.29 is 4.42 Å². The second-order valence-corrected chi connectivity index (χ2v) is 5.70. The van der Waals surface area contributed by atoms with Crippen LogP contribution in [0.3, 0.4) is 0 Å². The fourth-order valence-electron chi connectivity index (χ4n) is 3.31. The first-order valence-electron chi connectivity index (χ1n) is 7.10. The van der Waals surface area contributed by atoms with Crippen molar-refractivity contribution in [3.63, 3.8) is 0 Å². The molecule has 2 nitrogen and oxygen atoms in total. The maximum atomic E-state index is 6.66. The van der Waals surface area contributed by atoms with Crippen molar-refractivity contribution in [3.8, 4) is 0 Å². The van der Waals surface area contributed by atoms with Crippen LogP contribution in [-0.4, -0.2) is 0 Å². The molecule has 4 rings (SSSR count). The van der Waals surface area contributed by atoms with Crippen LogP contribution in [0.25, 0.3) is 11.0 Å². The standard InChI is InChI=1S/C18H17NO/c19-18(13-6-2-1-3-7-13)11-10-15-14-8-4-5-9-16(14)20-17(15)12-18/h1-9H,10-12,19H2. The number of furan rings is 1. The number of para-hydroxylation sites is 1. The topological polar surface area (TPSA) is 39.2 Å². The van der Waals surface area contributed by atoms with E-state index in [4.69, 9.17) is 10.2 Å². The normalized spacial score (nSPS) is 21.9. The van der Waals surface area contributed by atoms with E-state index in [0.29, 0.717) is 0 Å². The van der Waals surface area contributed by atoms with Crippen LogP contribution in [0, 0.1) is 0 Å². The molecule has 2 N–H and O–H groups in total. The van der Waals surface area contributed by atoms with Gasteiger partial charge in [-0.3, -0.25) is 0 Å². The van der Waals surface area contributed by atoms with E-state index in [-0.39, 0.29) is 5.54 Å². The van der Waals surface area contributed by atoms with E-state index >= 15 is 0 Å². The first-order valence-corrected chi connectivity index (χ1v) is 7.10. The van der Waals surface area contributed by atoms with Crippen LogP contribution in [0.5, 0.6) is 0 Å². The first-order chi connectivity index (χ1) is 9.76. The van der Waals surface area contributed by atoms with Gasteiger partial charge in [0, 0.05) is 22.9 Å². The SMILES string of the molecule is NC1(c2ccccc2)CCc2c(oc3ccccc23)C1.